The summed E-state index contributed by atoms with van der Waals surface area (Å²) in [6.45, 7) is 3.02. The van der Waals surface area contributed by atoms with Crippen molar-refractivity contribution in [3.05, 3.63) is 0 Å². The molecule has 1 rings (SSSR count). The number of hydrogen-bond acceptors (Lipinski definition) is 2. The van der Waals surface area contributed by atoms with Crippen LogP contribution in [-0.2, 0) is 0 Å². The molecule has 4 heteroatoms. The summed E-state index contributed by atoms with van der Waals surface area (Å²) in [5, 5.41) is 19.5. The van der Waals surface area contributed by atoms with Gasteiger partial charge in [-0.2, -0.15) is 0 Å². The monoisotopic (exact) mass is 215 g/mol. The number of nitrogens with one attached hydrogen (secondary N) is 1. The molecule has 3 N–H and O–H groups in total. The highest BCUT2D eigenvalue weighted by atomic mass is 16.4. The second-order valence-corrected chi connectivity index (χ2v) is 4.63. The van der Waals surface area contributed by atoms with E-state index in [-0.39, 0.29) is 0 Å². The van der Waals surface area contributed by atoms with E-state index in [0.717, 1.165) is 24.7 Å². The SMILES string of the molecule is CC(CCNC(=O)O)CC1CC1CCO. The number of hydrogen-bond donors (Lipinski definition) is 3. The lowest BCUT2D eigenvalue weighted by molar-refractivity contribution is 0.193. The van der Waals surface area contributed by atoms with Gasteiger partial charge in [0, 0.05) is 13.2 Å². The van der Waals surface area contributed by atoms with Crippen molar-refractivity contribution in [3.8, 4) is 0 Å². The Kier molecular flexibility index (Phi) is 4.88. The zero-order valence-corrected chi connectivity index (χ0v) is 9.28. The smallest absolute Gasteiger partial charge is 0.404 e. The molecule has 0 aromatic rings. The number of aliphatic hydroxyl groups excluding tert-OH is 1. The lowest BCUT2D eigenvalue weighted by Gasteiger charge is -2.10. The average molecular weight is 215 g/mol. The molecule has 1 fully saturated rings. The number of carbonyl (C=O) groups is 1. The summed E-state index contributed by atoms with van der Waals surface area (Å²) in [5.41, 5.74) is 0. The molecule has 0 aromatic carbocycles. The minimum Gasteiger partial charge on any atom is -0.465 e. The van der Waals surface area contributed by atoms with Gasteiger partial charge in [0.15, 0.2) is 0 Å². The molecule has 1 aliphatic rings. The zero-order valence-electron chi connectivity index (χ0n) is 9.28. The molecule has 3 atom stereocenters. The lowest BCUT2D eigenvalue weighted by atomic mass is 9.99. The topological polar surface area (TPSA) is 69.6 Å². The van der Waals surface area contributed by atoms with Gasteiger partial charge in [-0.25, -0.2) is 4.79 Å². The highest BCUT2D eigenvalue weighted by Gasteiger charge is 2.36. The summed E-state index contributed by atoms with van der Waals surface area (Å²) >= 11 is 0. The Morgan fingerprint density at radius 2 is 2.27 bits per heavy atom. The molecule has 15 heavy (non-hydrogen) atoms. The third-order valence-electron chi connectivity index (χ3n) is 3.19. The van der Waals surface area contributed by atoms with Gasteiger partial charge in [-0.15, -0.1) is 0 Å². The highest BCUT2D eigenvalue weighted by Crippen LogP contribution is 2.45. The first-order valence-electron chi connectivity index (χ1n) is 5.71. The standard InChI is InChI=1S/C11H21NO3/c1-8(2-4-12-11(14)15)6-10-7-9(10)3-5-13/h8-10,12-13H,2-7H2,1H3,(H,14,15). The quantitative estimate of drug-likeness (QED) is 0.605. The molecular weight excluding hydrogens is 194 g/mol. The molecule has 1 saturated carbocycles. The summed E-state index contributed by atoms with van der Waals surface area (Å²) in [7, 11) is 0. The fourth-order valence-electron chi connectivity index (χ4n) is 2.18. The van der Waals surface area contributed by atoms with Crippen LogP contribution >= 0.6 is 0 Å². The predicted octanol–water partition coefficient (Wildman–Crippen LogP) is 1.69. The van der Waals surface area contributed by atoms with E-state index in [9.17, 15) is 4.79 Å². The molecule has 88 valence electrons. The number of amides is 1. The molecule has 3 unspecified atom stereocenters. The van der Waals surface area contributed by atoms with Crippen LogP contribution in [0.15, 0.2) is 0 Å². The Balaban J connectivity index is 2.00. The summed E-state index contributed by atoms with van der Waals surface area (Å²) < 4.78 is 0. The summed E-state index contributed by atoms with van der Waals surface area (Å²) in [6, 6.07) is 0. The Hall–Kier alpha value is -0.770. The van der Waals surface area contributed by atoms with Crippen molar-refractivity contribution >= 4 is 6.09 Å². The van der Waals surface area contributed by atoms with Crippen LogP contribution in [0.4, 0.5) is 4.79 Å². The van der Waals surface area contributed by atoms with Crippen LogP contribution in [0.2, 0.25) is 0 Å². The maximum absolute atomic E-state index is 10.2. The molecule has 0 saturated heterocycles. The van der Waals surface area contributed by atoms with Crippen LogP contribution in [0.5, 0.6) is 0 Å². The fraction of sp³-hybridized carbons (Fsp3) is 0.909. The minimum atomic E-state index is -0.938. The molecule has 0 spiro atoms. The van der Waals surface area contributed by atoms with Crippen molar-refractivity contribution in [2.45, 2.75) is 32.6 Å². The van der Waals surface area contributed by atoms with Gasteiger partial charge in [0.1, 0.15) is 0 Å². The molecule has 1 aliphatic carbocycles. The van der Waals surface area contributed by atoms with Crippen molar-refractivity contribution in [2.75, 3.05) is 13.2 Å². The first-order chi connectivity index (χ1) is 7.13. The van der Waals surface area contributed by atoms with E-state index in [1.807, 2.05) is 0 Å². The van der Waals surface area contributed by atoms with Crippen molar-refractivity contribution in [1.29, 1.82) is 0 Å². The molecular formula is C11H21NO3. The summed E-state index contributed by atoms with van der Waals surface area (Å²) in [4.78, 5) is 10.2. The van der Waals surface area contributed by atoms with Crippen molar-refractivity contribution in [1.82, 2.24) is 5.32 Å². The van der Waals surface area contributed by atoms with Gasteiger partial charge >= 0.3 is 6.09 Å². The summed E-state index contributed by atoms with van der Waals surface area (Å²) in [5.74, 6) is 2.08. The predicted molar refractivity (Wildman–Crippen MR) is 57.7 cm³/mol. The lowest BCUT2D eigenvalue weighted by Crippen LogP contribution is -2.23. The van der Waals surface area contributed by atoms with Gasteiger partial charge in [0.25, 0.3) is 0 Å². The highest BCUT2D eigenvalue weighted by molar-refractivity contribution is 5.64. The van der Waals surface area contributed by atoms with E-state index in [4.69, 9.17) is 10.2 Å². The third-order valence-corrected chi connectivity index (χ3v) is 3.19. The van der Waals surface area contributed by atoms with Gasteiger partial charge < -0.3 is 15.5 Å². The van der Waals surface area contributed by atoms with Crippen LogP contribution < -0.4 is 5.32 Å². The van der Waals surface area contributed by atoms with Gasteiger partial charge in [-0.3, -0.25) is 0 Å². The number of carboxylic acid groups (broad SMARTS) is 1. The zero-order chi connectivity index (χ0) is 11.3. The van der Waals surface area contributed by atoms with Crippen molar-refractivity contribution in [2.24, 2.45) is 17.8 Å². The molecule has 1 amide bonds. The van der Waals surface area contributed by atoms with Gasteiger partial charge in [-0.1, -0.05) is 6.92 Å². The normalized spacial score (nSPS) is 26.0. The maximum atomic E-state index is 10.2. The third kappa shape index (κ3) is 5.02. The largest absolute Gasteiger partial charge is 0.465 e. The van der Waals surface area contributed by atoms with Gasteiger partial charge in [-0.05, 0) is 43.4 Å². The summed E-state index contributed by atoms with van der Waals surface area (Å²) in [6.07, 6.45) is 3.33. The molecule has 0 bridgehead atoms. The van der Waals surface area contributed by atoms with E-state index in [1.165, 1.54) is 12.8 Å². The first-order valence-corrected chi connectivity index (χ1v) is 5.71. The number of aliphatic hydroxyl groups is 1. The Morgan fingerprint density at radius 1 is 1.53 bits per heavy atom. The van der Waals surface area contributed by atoms with Crippen LogP contribution in [0.1, 0.15) is 32.6 Å². The molecule has 4 nitrogen and oxygen atoms in total. The molecule has 0 aliphatic heterocycles. The minimum absolute atomic E-state index is 0.302. The van der Waals surface area contributed by atoms with Crippen LogP contribution in [0.25, 0.3) is 0 Å². The van der Waals surface area contributed by atoms with Crippen molar-refractivity contribution < 1.29 is 15.0 Å². The van der Waals surface area contributed by atoms with Crippen LogP contribution in [0, 0.1) is 17.8 Å². The maximum Gasteiger partial charge on any atom is 0.404 e. The van der Waals surface area contributed by atoms with E-state index in [2.05, 4.69) is 12.2 Å². The Labute approximate surface area is 90.7 Å². The van der Waals surface area contributed by atoms with E-state index in [0.29, 0.717) is 19.1 Å². The van der Waals surface area contributed by atoms with Crippen molar-refractivity contribution in [3.63, 3.8) is 0 Å². The Morgan fingerprint density at radius 3 is 2.87 bits per heavy atom. The van der Waals surface area contributed by atoms with Gasteiger partial charge in [0.05, 0.1) is 0 Å². The molecule has 0 aromatic heterocycles. The van der Waals surface area contributed by atoms with E-state index in [1.54, 1.807) is 0 Å². The molecule has 0 heterocycles. The fourth-order valence-corrected chi connectivity index (χ4v) is 2.18. The Bertz CT molecular complexity index is 208. The second-order valence-electron chi connectivity index (χ2n) is 4.63. The van der Waals surface area contributed by atoms with Crippen LogP contribution in [0.3, 0.4) is 0 Å². The van der Waals surface area contributed by atoms with Crippen LogP contribution in [-0.4, -0.2) is 29.5 Å². The first kappa shape index (κ1) is 12.3. The van der Waals surface area contributed by atoms with E-state index < -0.39 is 6.09 Å². The second kappa shape index (κ2) is 5.95. The number of rotatable bonds is 7. The molecule has 0 radical (unpaired) electrons. The van der Waals surface area contributed by atoms with Gasteiger partial charge in [0.2, 0.25) is 0 Å². The van der Waals surface area contributed by atoms with E-state index >= 15 is 0 Å². The average Bonchev–Trinajstić information content (AvgIpc) is 2.83.